The molecule has 1 aromatic carbocycles. The topological polar surface area (TPSA) is 50.9 Å². The largest absolute Gasteiger partial charge is 0.508 e. The van der Waals surface area contributed by atoms with Crippen molar-refractivity contribution in [3.63, 3.8) is 0 Å². The lowest BCUT2D eigenvalue weighted by atomic mass is 9.88. The van der Waals surface area contributed by atoms with Crippen molar-refractivity contribution in [2.45, 2.75) is 56.9 Å². The first-order chi connectivity index (χ1) is 11.1. The molecule has 1 unspecified atom stereocenters. The number of aromatic hydroxyl groups is 1. The molecule has 1 atom stereocenters. The summed E-state index contributed by atoms with van der Waals surface area (Å²) in [5.74, 6) is 2.94. The van der Waals surface area contributed by atoms with Gasteiger partial charge in [-0.25, -0.2) is 0 Å². The van der Waals surface area contributed by atoms with E-state index in [4.69, 9.17) is 23.2 Å². The number of hydrogen-bond acceptors (Lipinski definition) is 3. The highest BCUT2D eigenvalue weighted by Crippen LogP contribution is 2.43. The van der Waals surface area contributed by atoms with Gasteiger partial charge in [0.15, 0.2) is 0 Å². The molecule has 23 heavy (non-hydrogen) atoms. The average Bonchev–Trinajstić information content (AvgIpc) is 3.12. The molecule has 1 fully saturated rings. The van der Waals surface area contributed by atoms with Crippen LogP contribution >= 0.6 is 23.2 Å². The maximum Gasteiger partial charge on any atom is 0.136 e. The lowest BCUT2D eigenvalue weighted by molar-refractivity contribution is 0.412. The maximum absolute atomic E-state index is 10.2. The molecule has 1 saturated carbocycles. The van der Waals surface area contributed by atoms with E-state index < -0.39 is 0 Å². The van der Waals surface area contributed by atoms with Crippen molar-refractivity contribution in [1.82, 2.24) is 14.8 Å². The molecule has 6 heteroatoms. The molecule has 4 rings (SSSR count). The van der Waals surface area contributed by atoms with Gasteiger partial charge in [0.1, 0.15) is 17.4 Å². The fourth-order valence-corrected chi connectivity index (χ4v) is 4.48. The average molecular weight is 352 g/mol. The van der Waals surface area contributed by atoms with E-state index in [0.717, 1.165) is 30.2 Å². The summed E-state index contributed by atoms with van der Waals surface area (Å²) in [6.45, 7) is 0.766. The second kappa shape index (κ2) is 5.99. The van der Waals surface area contributed by atoms with Crippen LogP contribution in [-0.4, -0.2) is 19.9 Å². The molecule has 0 radical (unpaired) electrons. The normalized spacial score (nSPS) is 21.6. The number of hydrogen-bond donors (Lipinski definition) is 1. The van der Waals surface area contributed by atoms with Crippen molar-refractivity contribution in [2.75, 3.05) is 0 Å². The predicted molar refractivity (Wildman–Crippen MR) is 90.4 cm³/mol. The number of rotatable bonds is 2. The van der Waals surface area contributed by atoms with Gasteiger partial charge >= 0.3 is 0 Å². The first kappa shape index (κ1) is 15.3. The Morgan fingerprint density at radius 2 is 1.83 bits per heavy atom. The van der Waals surface area contributed by atoms with Crippen LogP contribution in [0.4, 0.5) is 0 Å². The minimum atomic E-state index is 0.106. The van der Waals surface area contributed by atoms with E-state index in [-0.39, 0.29) is 11.7 Å². The third kappa shape index (κ3) is 2.62. The zero-order valence-electron chi connectivity index (χ0n) is 12.8. The van der Waals surface area contributed by atoms with E-state index in [1.165, 1.54) is 32.1 Å². The first-order valence-electron chi connectivity index (χ1n) is 8.24. The summed E-state index contributed by atoms with van der Waals surface area (Å²) in [6.07, 6.45) is 7.02. The van der Waals surface area contributed by atoms with Crippen LogP contribution in [-0.2, 0) is 13.0 Å². The number of phenolic OH excluding ortho intramolecular Hbond substituents is 1. The molecule has 1 N–H and O–H groups in total. The van der Waals surface area contributed by atoms with Gasteiger partial charge in [-0.3, -0.25) is 0 Å². The summed E-state index contributed by atoms with van der Waals surface area (Å²) in [7, 11) is 0. The van der Waals surface area contributed by atoms with E-state index in [2.05, 4.69) is 14.8 Å². The van der Waals surface area contributed by atoms with Gasteiger partial charge in [-0.1, -0.05) is 42.5 Å². The Balaban J connectivity index is 1.64. The highest BCUT2D eigenvalue weighted by atomic mass is 35.5. The number of nitrogens with zero attached hydrogens (tertiary/aromatic N) is 3. The zero-order chi connectivity index (χ0) is 16.0. The highest BCUT2D eigenvalue weighted by molar-refractivity contribution is 6.42. The van der Waals surface area contributed by atoms with E-state index in [9.17, 15) is 5.11 Å². The van der Waals surface area contributed by atoms with Crippen molar-refractivity contribution >= 4 is 23.2 Å². The Morgan fingerprint density at radius 3 is 2.61 bits per heavy atom. The lowest BCUT2D eigenvalue weighted by Crippen LogP contribution is -2.13. The molecule has 1 aliphatic carbocycles. The first-order valence-corrected chi connectivity index (χ1v) is 8.99. The lowest BCUT2D eigenvalue weighted by Gasteiger charge is -2.21. The van der Waals surface area contributed by atoms with Crippen LogP contribution in [0.2, 0.25) is 10.0 Å². The summed E-state index contributed by atoms with van der Waals surface area (Å²) in [6, 6.07) is 3.25. The Labute approximate surface area is 145 Å². The third-order valence-electron chi connectivity index (χ3n) is 5.18. The molecule has 2 aliphatic rings. The molecule has 4 nitrogen and oxygen atoms in total. The smallest absolute Gasteiger partial charge is 0.136 e. The van der Waals surface area contributed by atoms with Crippen LogP contribution in [0.25, 0.3) is 0 Å². The molecular formula is C17H19Cl2N3O. The minimum absolute atomic E-state index is 0.106. The fourth-order valence-electron chi connectivity index (χ4n) is 4.01. The van der Waals surface area contributed by atoms with Crippen molar-refractivity contribution in [1.29, 1.82) is 0 Å². The second-order valence-electron chi connectivity index (χ2n) is 6.62. The van der Waals surface area contributed by atoms with Crippen molar-refractivity contribution in [3.05, 3.63) is 39.4 Å². The molecule has 1 aliphatic heterocycles. The summed E-state index contributed by atoms with van der Waals surface area (Å²) in [5.41, 5.74) is 0.735. The Hall–Kier alpha value is -1.26. The highest BCUT2D eigenvalue weighted by Gasteiger charge is 2.33. The summed E-state index contributed by atoms with van der Waals surface area (Å²) in [5, 5.41) is 20.0. The minimum Gasteiger partial charge on any atom is -0.508 e. The van der Waals surface area contributed by atoms with Gasteiger partial charge in [0.2, 0.25) is 0 Å². The standard InChI is InChI=1S/C17H19Cl2N3O/c18-12-6-7-13(23)15(16(12)19)11-8-14-20-21-17(22(14)9-11)10-4-2-1-3-5-10/h6-7,10-11,23H,1-5,8-9H2. The van der Waals surface area contributed by atoms with Crippen LogP contribution in [0.5, 0.6) is 5.75 Å². The van der Waals surface area contributed by atoms with Crippen LogP contribution in [0.3, 0.4) is 0 Å². The van der Waals surface area contributed by atoms with E-state index in [1.807, 2.05) is 0 Å². The number of halogens is 2. The van der Waals surface area contributed by atoms with Crippen LogP contribution in [0.1, 0.15) is 61.2 Å². The summed E-state index contributed by atoms with van der Waals surface area (Å²) < 4.78 is 2.23. The Morgan fingerprint density at radius 1 is 1.04 bits per heavy atom. The molecule has 2 heterocycles. The van der Waals surface area contributed by atoms with Crippen LogP contribution in [0.15, 0.2) is 12.1 Å². The predicted octanol–water partition coefficient (Wildman–Crippen LogP) is 4.68. The molecular weight excluding hydrogens is 333 g/mol. The van der Waals surface area contributed by atoms with Gasteiger partial charge in [-0.2, -0.15) is 0 Å². The zero-order valence-corrected chi connectivity index (χ0v) is 14.3. The van der Waals surface area contributed by atoms with Gasteiger partial charge in [0.05, 0.1) is 10.0 Å². The molecule has 1 aromatic heterocycles. The molecule has 0 amide bonds. The van der Waals surface area contributed by atoms with Crippen LogP contribution in [0, 0.1) is 0 Å². The number of fused-ring (bicyclic) bond motifs is 1. The summed E-state index contributed by atoms with van der Waals surface area (Å²) in [4.78, 5) is 0. The van der Waals surface area contributed by atoms with Gasteiger partial charge in [0.25, 0.3) is 0 Å². The van der Waals surface area contributed by atoms with E-state index >= 15 is 0 Å². The van der Waals surface area contributed by atoms with Gasteiger partial charge in [0, 0.05) is 30.4 Å². The Kier molecular flexibility index (Phi) is 3.98. The SMILES string of the molecule is Oc1ccc(Cl)c(Cl)c1C1Cc2nnc(C3CCCCC3)n2C1. The van der Waals surface area contributed by atoms with Crippen molar-refractivity contribution < 1.29 is 5.11 Å². The molecule has 2 aromatic rings. The van der Waals surface area contributed by atoms with Gasteiger partial charge < -0.3 is 9.67 Å². The third-order valence-corrected chi connectivity index (χ3v) is 6.00. The fraction of sp³-hybridized carbons (Fsp3) is 0.529. The monoisotopic (exact) mass is 351 g/mol. The van der Waals surface area contributed by atoms with E-state index in [1.54, 1.807) is 12.1 Å². The van der Waals surface area contributed by atoms with Crippen molar-refractivity contribution in [3.8, 4) is 5.75 Å². The summed E-state index contributed by atoms with van der Waals surface area (Å²) >= 11 is 12.5. The van der Waals surface area contributed by atoms with Gasteiger partial charge in [-0.15, -0.1) is 10.2 Å². The van der Waals surface area contributed by atoms with Gasteiger partial charge in [-0.05, 0) is 25.0 Å². The quantitative estimate of drug-likeness (QED) is 0.854. The van der Waals surface area contributed by atoms with E-state index in [0.29, 0.717) is 16.0 Å². The second-order valence-corrected chi connectivity index (χ2v) is 7.40. The number of benzene rings is 1. The Bertz CT molecular complexity index is 738. The number of aromatic nitrogens is 3. The molecule has 0 spiro atoms. The van der Waals surface area contributed by atoms with Crippen molar-refractivity contribution in [2.24, 2.45) is 0 Å². The molecule has 0 saturated heterocycles. The maximum atomic E-state index is 10.2. The molecule has 122 valence electrons. The van der Waals surface area contributed by atoms with Crippen LogP contribution < -0.4 is 0 Å². The number of phenols is 1. The molecule has 0 bridgehead atoms.